The molecule has 1 saturated heterocycles. The monoisotopic (exact) mass is 315 g/mol. The lowest BCUT2D eigenvalue weighted by Crippen LogP contribution is -2.57. The molecule has 6 nitrogen and oxygen atoms in total. The van der Waals surface area contributed by atoms with Crippen molar-refractivity contribution in [1.29, 1.82) is 0 Å². The molecule has 0 aliphatic carbocycles. The number of nitrogens with one attached hydrogen (secondary N) is 2. The minimum atomic E-state index is -0.425. The van der Waals surface area contributed by atoms with E-state index in [0.717, 1.165) is 0 Å². The lowest BCUT2D eigenvalue weighted by molar-refractivity contribution is -0.142. The van der Waals surface area contributed by atoms with E-state index in [0.29, 0.717) is 30.8 Å². The maximum Gasteiger partial charge on any atom is 0.247 e. The van der Waals surface area contributed by atoms with Gasteiger partial charge in [0.05, 0.1) is 6.42 Å². The zero-order valence-electron chi connectivity index (χ0n) is 13.2. The molecule has 1 aliphatic rings. The highest BCUT2D eigenvalue weighted by Gasteiger charge is 2.31. The van der Waals surface area contributed by atoms with E-state index in [1.54, 1.807) is 23.1 Å². The molecule has 1 aliphatic heterocycles. The van der Waals surface area contributed by atoms with Gasteiger partial charge < -0.3 is 15.5 Å². The van der Waals surface area contributed by atoms with Crippen molar-refractivity contribution in [2.24, 2.45) is 0 Å². The first kappa shape index (κ1) is 16.7. The Bertz CT molecular complexity index is 627. The van der Waals surface area contributed by atoms with Crippen LogP contribution in [0.5, 0.6) is 0 Å². The fourth-order valence-electron chi connectivity index (χ4n) is 2.66. The molecule has 122 valence electrons. The topological polar surface area (TPSA) is 78.5 Å². The second kappa shape index (κ2) is 7.58. The highest BCUT2D eigenvalue weighted by molar-refractivity contribution is 6.00. The molecule has 6 heteroatoms. The molecular weight excluding hydrogens is 294 g/mol. The summed E-state index contributed by atoms with van der Waals surface area (Å²) in [5, 5.41) is 5.47. The van der Waals surface area contributed by atoms with Crippen molar-refractivity contribution in [3.63, 3.8) is 0 Å². The third kappa shape index (κ3) is 3.97. The van der Waals surface area contributed by atoms with Crippen LogP contribution in [0.15, 0.2) is 36.9 Å². The van der Waals surface area contributed by atoms with E-state index < -0.39 is 6.04 Å². The Morgan fingerprint density at radius 3 is 2.87 bits per heavy atom. The second-order valence-corrected chi connectivity index (χ2v) is 5.33. The highest BCUT2D eigenvalue weighted by atomic mass is 16.2. The quantitative estimate of drug-likeness (QED) is 0.798. The standard InChI is InChI=1S/C17H21N3O3/c1-3-14-17(23)18-9-10-20(14)16(22)11-12-7-5-6-8-13(12)19-15(21)4-2/h4-8,14H,2-3,9-11H2,1H3,(H,18,23)(H,19,21). The van der Waals surface area contributed by atoms with Crippen LogP contribution in [0.2, 0.25) is 0 Å². The van der Waals surface area contributed by atoms with Crippen LogP contribution in [0.25, 0.3) is 0 Å². The molecule has 1 aromatic carbocycles. The fraction of sp³-hybridized carbons (Fsp3) is 0.353. The summed E-state index contributed by atoms with van der Waals surface area (Å²) in [6.07, 6.45) is 1.89. The number of benzene rings is 1. The number of amides is 3. The van der Waals surface area contributed by atoms with Crippen LogP contribution in [0, 0.1) is 0 Å². The van der Waals surface area contributed by atoms with Gasteiger partial charge in [0.1, 0.15) is 6.04 Å². The molecule has 23 heavy (non-hydrogen) atoms. The summed E-state index contributed by atoms with van der Waals surface area (Å²) in [5.74, 6) is -0.555. The lowest BCUT2D eigenvalue weighted by atomic mass is 10.1. The Hall–Kier alpha value is -2.63. The van der Waals surface area contributed by atoms with E-state index in [2.05, 4.69) is 17.2 Å². The van der Waals surface area contributed by atoms with E-state index in [9.17, 15) is 14.4 Å². The van der Waals surface area contributed by atoms with Crippen LogP contribution in [0.1, 0.15) is 18.9 Å². The maximum atomic E-state index is 12.6. The van der Waals surface area contributed by atoms with Gasteiger partial charge in [-0.15, -0.1) is 0 Å². The second-order valence-electron chi connectivity index (χ2n) is 5.33. The first-order valence-electron chi connectivity index (χ1n) is 7.65. The van der Waals surface area contributed by atoms with Gasteiger partial charge >= 0.3 is 0 Å². The highest BCUT2D eigenvalue weighted by Crippen LogP contribution is 2.18. The van der Waals surface area contributed by atoms with E-state index in [-0.39, 0.29) is 24.1 Å². The number of rotatable bonds is 5. The Labute approximate surface area is 135 Å². The normalized spacial score (nSPS) is 17.3. The maximum absolute atomic E-state index is 12.6. The number of para-hydroxylation sites is 1. The molecular formula is C17H21N3O3. The predicted molar refractivity (Wildman–Crippen MR) is 87.8 cm³/mol. The molecule has 2 N–H and O–H groups in total. The lowest BCUT2D eigenvalue weighted by Gasteiger charge is -2.34. The van der Waals surface area contributed by atoms with Crippen molar-refractivity contribution in [1.82, 2.24) is 10.2 Å². The average Bonchev–Trinajstić information content (AvgIpc) is 2.56. The van der Waals surface area contributed by atoms with Gasteiger partial charge in [0.15, 0.2) is 0 Å². The summed E-state index contributed by atoms with van der Waals surface area (Å²) in [6.45, 7) is 6.27. The Morgan fingerprint density at radius 2 is 2.17 bits per heavy atom. The molecule has 1 heterocycles. The van der Waals surface area contributed by atoms with E-state index in [1.807, 2.05) is 13.0 Å². The summed E-state index contributed by atoms with van der Waals surface area (Å²) in [6, 6.07) is 6.71. The molecule has 1 atom stereocenters. The Balaban J connectivity index is 2.15. The first-order valence-corrected chi connectivity index (χ1v) is 7.65. The molecule has 1 aromatic rings. The smallest absolute Gasteiger partial charge is 0.247 e. The molecule has 0 radical (unpaired) electrons. The number of piperazine rings is 1. The molecule has 0 saturated carbocycles. The molecule has 0 spiro atoms. The molecule has 3 amide bonds. The van der Waals surface area contributed by atoms with Crippen LogP contribution in [0.3, 0.4) is 0 Å². The number of hydrogen-bond acceptors (Lipinski definition) is 3. The van der Waals surface area contributed by atoms with Crippen molar-refractivity contribution in [3.8, 4) is 0 Å². The zero-order chi connectivity index (χ0) is 16.8. The minimum absolute atomic E-state index is 0.111. The number of carbonyl (C=O) groups is 3. The van der Waals surface area contributed by atoms with Gasteiger partial charge in [-0.05, 0) is 24.1 Å². The van der Waals surface area contributed by atoms with Gasteiger partial charge in [-0.2, -0.15) is 0 Å². The Morgan fingerprint density at radius 1 is 1.43 bits per heavy atom. The summed E-state index contributed by atoms with van der Waals surface area (Å²) < 4.78 is 0. The van der Waals surface area contributed by atoms with Gasteiger partial charge in [-0.1, -0.05) is 31.7 Å². The van der Waals surface area contributed by atoms with Gasteiger partial charge in [0, 0.05) is 18.8 Å². The first-order chi connectivity index (χ1) is 11.1. The van der Waals surface area contributed by atoms with Gasteiger partial charge in [0.2, 0.25) is 17.7 Å². The van der Waals surface area contributed by atoms with Crippen molar-refractivity contribution in [3.05, 3.63) is 42.5 Å². The van der Waals surface area contributed by atoms with E-state index in [4.69, 9.17) is 0 Å². The summed E-state index contributed by atoms with van der Waals surface area (Å²) >= 11 is 0. The van der Waals surface area contributed by atoms with Gasteiger partial charge in [-0.25, -0.2) is 0 Å². The molecule has 0 bridgehead atoms. The van der Waals surface area contributed by atoms with E-state index >= 15 is 0 Å². The van der Waals surface area contributed by atoms with Crippen molar-refractivity contribution >= 4 is 23.4 Å². The third-order valence-electron chi connectivity index (χ3n) is 3.84. The van der Waals surface area contributed by atoms with Crippen LogP contribution in [0.4, 0.5) is 5.69 Å². The SMILES string of the molecule is C=CC(=O)Nc1ccccc1CC(=O)N1CCNC(=O)C1CC. The van der Waals surface area contributed by atoms with Crippen molar-refractivity contribution in [2.75, 3.05) is 18.4 Å². The van der Waals surface area contributed by atoms with Crippen LogP contribution in [-0.4, -0.2) is 41.8 Å². The summed E-state index contributed by atoms with van der Waals surface area (Å²) in [5.41, 5.74) is 1.30. The molecule has 1 fully saturated rings. The van der Waals surface area contributed by atoms with E-state index in [1.165, 1.54) is 6.08 Å². The number of nitrogens with zero attached hydrogens (tertiary/aromatic N) is 1. The fourth-order valence-corrected chi connectivity index (χ4v) is 2.66. The Kier molecular flexibility index (Phi) is 5.51. The number of hydrogen-bond donors (Lipinski definition) is 2. The third-order valence-corrected chi connectivity index (χ3v) is 3.84. The van der Waals surface area contributed by atoms with Gasteiger partial charge in [-0.3, -0.25) is 14.4 Å². The summed E-state index contributed by atoms with van der Waals surface area (Å²) in [4.78, 5) is 37.6. The van der Waals surface area contributed by atoms with Crippen molar-refractivity contribution < 1.29 is 14.4 Å². The zero-order valence-corrected chi connectivity index (χ0v) is 13.2. The number of anilines is 1. The molecule has 1 unspecified atom stereocenters. The van der Waals surface area contributed by atoms with Crippen LogP contribution >= 0.6 is 0 Å². The largest absolute Gasteiger partial charge is 0.353 e. The van der Waals surface area contributed by atoms with Crippen molar-refractivity contribution in [2.45, 2.75) is 25.8 Å². The number of carbonyl (C=O) groups excluding carboxylic acids is 3. The average molecular weight is 315 g/mol. The summed E-state index contributed by atoms with van der Waals surface area (Å²) in [7, 11) is 0. The van der Waals surface area contributed by atoms with Crippen LogP contribution in [-0.2, 0) is 20.8 Å². The van der Waals surface area contributed by atoms with Gasteiger partial charge in [0.25, 0.3) is 0 Å². The molecule has 0 aromatic heterocycles. The molecule has 2 rings (SSSR count). The predicted octanol–water partition coefficient (Wildman–Crippen LogP) is 1.09. The van der Waals surface area contributed by atoms with Crippen LogP contribution < -0.4 is 10.6 Å². The minimum Gasteiger partial charge on any atom is -0.353 e.